The maximum atomic E-state index is 12.1. The molecule has 0 aliphatic heterocycles. The summed E-state index contributed by atoms with van der Waals surface area (Å²) in [5, 5.41) is 14.0. The Hall–Kier alpha value is -3.55. The number of methoxy groups -OCH3 is 1. The lowest BCUT2D eigenvalue weighted by Gasteiger charge is -2.14. The zero-order chi connectivity index (χ0) is 24.1. The van der Waals surface area contributed by atoms with Crippen LogP contribution in [0.5, 0.6) is 11.5 Å². The van der Waals surface area contributed by atoms with Gasteiger partial charge in [0.2, 0.25) is 0 Å². The lowest BCUT2D eigenvalue weighted by molar-refractivity contribution is 0.108. The Kier molecular flexibility index (Phi) is 7.35. The number of aryl methyl sites for hydroxylation is 2. The number of imidazole rings is 1. The molecular formula is C27H31N3O4. The van der Waals surface area contributed by atoms with Gasteiger partial charge in [0.1, 0.15) is 24.2 Å². The smallest absolute Gasteiger partial charge is 0.328 e. The van der Waals surface area contributed by atoms with Crippen LogP contribution in [0.1, 0.15) is 22.8 Å². The van der Waals surface area contributed by atoms with E-state index in [2.05, 4.69) is 17.4 Å². The standard InChI is InChI=1S/C27H31N3O4/c1-29-24-13-8-21(16-25(24)30(2)27(29)32)26(31)18-34-23-11-6-20(7-12-23)17-28-15-14-19-4-9-22(33-3)10-5-19/h4-13,16,26,28,31H,14-15,17-18H2,1-3H3. The van der Waals surface area contributed by atoms with E-state index in [1.807, 2.05) is 54.6 Å². The van der Waals surface area contributed by atoms with Crippen molar-refractivity contribution in [1.82, 2.24) is 14.5 Å². The summed E-state index contributed by atoms with van der Waals surface area (Å²) < 4.78 is 14.2. The van der Waals surface area contributed by atoms with Gasteiger partial charge in [-0.05, 0) is 66.1 Å². The lowest BCUT2D eigenvalue weighted by Crippen LogP contribution is -2.19. The van der Waals surface area contributed by atoms with Gasteiger partial charge in [-0.15, -0.1) is 0 Å². The number of hydrogen-bond acceptors (Lipinski definition) is 5. The Bertz CT molecular complexity index is 1290. The van der Waals surface area contributed by atoms with Gasteiger partial charge in [-0.25, -0.2) is 4.79 Å². The number of aromatic nitrogens is 2. The van der Waals surface area contributed by atoms with Gasteiger partial charge in [-0.2, -0.15) is 0 Å². The number of benzene rings is 3. The molecule has 0 amide bonds. The van der Waals surface area contributed by atoms with E-state index >= 15 is 0 Å². The molecule has 0 saturated heterocycles. The van der Waals surface area contributed by atoms with E-state index in [4.69, 9.17) is 9.47 Å². The number of fused-ring (bicyclic) bond motifs is 1. The maximum Gasteiger partial charge on any atom is 0.328 e. The lowest BCUT2D eigenvalue weighted by atomic mass is 10.1. The highest BCUT2D eigenvalue weighted by Crippen LogP contribution is 2.21. The molecule has 0 bridgehead atoms. The van der Waals surface area contributed by atoms with Crippen molar-refractivity contribution in [2.75, 3.05) is 20.3 Å². The molecule has 1 atom stereocenters. The van der Waals surface area contributed by atoms with Crippen LogP contribution in [0.3, 0.4) is 0 Å². The van der Waals surface area contributed by atoms with Crippen LogP contribution in [-0.4, -0.2) is 34.5 Å². The minimum absolute atomic E-state index is 0.0896. The summed E-state index contributed by atoms with van der Waals surface area (Å²) >= 11 is 0. The summed E-state index contributed by atoms with van der Waals surface area (Å²) in [7, 11) is 5.14. The molecule has 2 N–H and O–H groups in total. The van der Waals surface area contributed by atoms with Gasteiger partial charge >= 0.3 is 5.69 Å². The molecule has 7 nitrogen and oxygen atoms in total. The molecule has 0 fully saturated rings. The van der Waals surface area contributed by atoms with E-state index in [1.54, 1.807) is 30.3 Å². The Morgan fingerprint density at radius 1 is 0.882 bits per heavy atom. The molecule has 0 saturated carbocycles. The third-order valence-corrected chi connectivity index (χ3v) is 6.09. The normalized spacial score (nSPS) is 12.1. The van der Waals surface area contributed by atoms with Gasteiger partial charge < -0.3 is 19.9 Å². The Morgan fingerprint density at radius 3 is 2.24 bits per heavy atom. The van der Waals surface area contributed by atoms with Crippen LogP contribution in [0.15, 0.2) is 71.5 Å². The second-order valence-corrected chi connectivity index (χ2v) is 8.39. The highest BCUT2D eigenvalue weighted by molar-refractivity contribution is 5.77. The number of ether oxygens (including phenoxy) is 2. The summed E-state index contributed by atoms with van der Waals surface area (Å²) in [5.41, 5.74) is 4.67. The molecular weight excluding hydrogens is 430 g/mol. The number of aliphatic hydroxyl groups excluding tert-OH is 1. The van der Waals surface area contributed by atoms with Gasteiger partial charge in [0, 0.05) is 20.6 Å². The fraction of sp³-hybridized carbons (Fsp3) is 0.296. The fourth-order valence-corrected chi connectivity index (χ4v) is 3.96. The first-order valence-corrected chi connectivity index (χ1v) is 11.3. The minimum atomic E-state index is -0.793. The van der Waals surface area contributed by atoms with Crippen molar-refractivity contribution in [2.45, 2.75) is 19.1 Å². The Morgan fingerprint density at radius 2 is 1.53 bits per heavy atom. The monoisotopic (exact) mass is 461 g/mol. The molecule has 34 heavy (non-hydrogen) atoms. The van der Waals surface area contributed by atoms with E-state index in [-0.39, 0.29) is 12.3 Å². The third-order valence-electron chi connectivity index (χ3n) is 6.09. The van der Waals surface area contributed by atoms with Crippen molar-refractivity contribution in [3.63, 3.8) is 0 Å². The van der Waals surface area contributed by atoms with Crippen molar-refractivity contribution in [3.8, 4) is 11.5 Å². The van der Waals surface area contributed by atoms with E-state index in [9.17, 15) is 9.90 Å². The zero-order valence-corrected chi connectivity index (χ0v) is 19.8. The summed E-state index contributed by atoms with van der Waals surface area (Å²) in [4.78, 5) is 12.1. The predicted molar refractivity (Wildman–Crippen MR) is 133 cm³/mol. The number of hydrogen-bond donors (Lipinski definition) is 2. The molecule has 4 aromatic rings. The first-order valence-electron chi connectivity index (χ1n) is 11.3. The number of aliphatic hydroxyl groups is 1. The molecule has 0 radical (unpaired) electrons. The molecule has 7 heteroatoms. The maximum absolute atomic E-state index is 12.1. The summed E-state index contributed by atoms with van der Waals surface area (Å²) in [6.45, 7) is 1.79. The van der Waals surface area contributed by atoms with Crippen LogP contribution in [0.25, 0.3) is 11.0 Å². The Labute approximate surface area is 199 Å². The molecule has 1 unspecified atom stereocenters. The molecule has 0 spiro atoms. The Balaban J connectivity index is 1.25. The van der Waals surface area contributed by atoms with Crippen molar-refractivity contribution in [2.24, 2.45) is 14.1 Å². The second kappa shape index (κ2) is 10.6. The number of nitrogens with zero attached hydrogens (tertiary/aromatic N) is 2. The minimum Gasteiger partial charge on any atom is -0.497 e. The SMILES string of the molecule is COc1ccc(CCNCc2ccc(OCC(O)c3ccc4c(c3)n(C)c(=O)n4C)cc2)cc1. The van der Waals surface area contributed by atoms with Gasteiger partial charge in [0.05, 0.1) is 18.1 Å². The van der Waals surface area contributed by atoms with Crippen LogP contribution in [-0.2, 0) is 27.1 Å². The quantitative estimate of drug-likeness (QED) is 0.354. The van der Waals surface area contributed by atoms with Crippen molar-refractivity contribution in [3.05, 3.63) is 93.9 Å². The van der Waals surface area contributed by atoms with Crippen LogP contribution in [0.4, 0.5) is 0 Å². The van der Waals surface area contributed by atoms with Crippen molar-refractivity contribution in [1.29, 1.82) is 0 Å². The summed E-state index contributed by atoms with van der Waals surface area (Å²) in [6, 6.07) is 21.5. The number of rotatable bonds is 10. The number of nitrogens with one attached hydrogen (secondary N) is 1. The van der Waals surface area contributed by atoms with Gasteiger partial charge in [0.15, 0.2) is 0 Å². The van der Waals surface area contributed by atoms with E-state index in [0.717, 1.165) is 41.9 Å². The first kappa shape index (κ1) is 23.6. The molecule has 178 valence electrons. The largest absolute Gasteiger partial charge is 0.497 e. The van der Waals surface area contributed by atoms with E-state index in [0.29, 0.717) is 11.3 Å². The average Bonchev–Trinajstić information content (AvgIpc) is 3.09. The third kappa shape index (κ3) is 5.32. The van der Waals surface area contributed by atoms with Crippen LogP contribution >= 0.6 is 0 Å². The second-order valence-electron chi connectivity index (χ2n) is 8.39. The van der Waals surface area contributed by atoms with Gasteiger partial charge in [-0.3, -0.25) is 9.13 Å². The van der Waals surface area contributed by atoms with Gasteiger partial charge in [0.25, 0.3) is 0 Å². The average molecular weight is 462 g/mol. The van der Waals surface area contributed by atoms with E-state index < -0.39 is 6.10 Å². The van der Waals surface area contributed by atoms with E-state index in [1.165, 1.54) is 5.56 Å². The first-order chi connectivity index (χ1) is 16.5. The van der Waals surface area contributed by atoms with Crippen molar-refractivity contribution < 1.29 is 14.6 Å². The molecule has 4 rings (SSSR count). The topological polar surface area (TPSA) is 77.7 Å². The highest BCUT2D eigenvalue weighted by atomic mass is 16.5. The molecule has 0 aliphatic rings. The van der Waals surface area contributed by atoms with Crippen molar-refractivity contribution >= 4 is 11.0 Å². The summed E-state index contributed by atoms with van der Waals surface area (Å²) in [5.74, 6) is 1.57. The molecule has 3 aromatic carbocycles. The predicted octanol–water partition coefficient (Wildman–Crippen LogP) is 3.33. The van der Waals surface area contributed by atoms with Crippen LogP contribution < -0.4 is 20.5 Å². The highest BCUT2D eigenvalue weighted by Gasteiger charge is 2.13. The van der Waals surface area contributed by atoms with Gasteiger partial charge in [-0.1, -0.05) is 30.3 Å². The van der Waals surface area contributed by atoms with Crippen LogP contribution in [0, 0.1) is 0 Å². The van der Waals surface area contributed by atoms with Crippen LogP contribution in [0.2, 0.25) is 0 Å². The molecule has 1 aromatic heterocycles. The fourth-order valence-electron chi connectivity index (χ4n) is 3.96. The zero-order valence-electron chi connectivity index (χ0n) is 19.8. The summed E-state index contributed by atoms with van der Waals surface area (Å²) in [6.07, 6.45) is 0.158. The molecule has 1 heterocycles. The molecule has 0 aliphatic carbocycles.